The minimum Gasteiger partial charge on any atom is -0.462 e. The topological polar surface area (TPSA) is 158 Å². The van der Waals surface area contributed by atoms with Crippen molar-refractivity contribution in [2.24, 2.45) is 0 Å². The van der Waals surface area contributed by atoms with E-state index in [1.807, 2.05) is 0 Å². The van der Waals surface area contributed by atoms with Gasteiger partial charge in [0.1, 0.15) is 19.8 Å². The molecule has 0 aromatic carbocycles. The Balaban J connectivity index is 4.80. The first kappa shape index (κ1) is 35.5. The highest BCUT2D eigenvalue weighted by atomic mass is 28.3. The number of carbonyl (C=O) groups is 5. The average Bonchev–Trinajstić information content (AvgIpc) is 2.85. The normalized spacial score (nSPS) is 11.1. The quantitative estimate of drug-likeness (QED) is 0.0693. The van der Waals surface area contributed by atoms with Crippen LogP contribution in [0.5, 0.6) is 0 Å². The number of hydrogen-bond acceptors (Lipinski definition) is 12. The van der Waals surface area contributed by atoms with Crippen molar-refractivity contribution in [3.8, 4) is 0 Å². The molecule has 39 heavy (non-hydrogen) atoms. The molecule has 0 saturated heterocycles. The first-order chi connectivity index (χ1) is 18.2. The molecule has 0 aliphatic carbocycles. The molecule has 0 radical (unpaired) electrons. The Bertz CT molecular complexity index is 909. The van der Waals surface area contributed by atoms with Gasteiger partial charge >= 0.3 is 29.8 Å². The molecule has 0 N–H and O–H groups in total. The van der Waals surface area contributed by atoms with Gasteiger partial charge < -0.3 is 32.9 Å². The summed E-state index contributed by atoms with van der Waals surface area (Å²) in [6, 6.07) is 0.527. The Morgan fingerprint density at radius 3 is 1.62 bits per heavy atom. The molecular weight excluding hydrogens is 532 g/mol. The third-order valence-electron chi connectivity index (χ3n) is 4.50. The monoisotopic (exact) mass is 570 g/mol. The third kappa shape index (κ3) is 18.4. The van der Waals surface area contributed by atoms with Crippen molar-refractivity contribution < 1.29 is 56.9 Å². The highest BCUT2D eigenvalue weighted by Gasteiger charge is 2.22. The summed E-state index contributed by atoms with van der Waals surface area (Å²) in [5, 5.41) is 0. The first-order valence-electron chi connectivity index (χ1n) is 12.2. The van der Waals surface area contributed by atoms with Crippen LogP contribution in [0.3, 0.4) is 0 Å². The minimum atomic E-state index is -1.61. The molecule has 0 fully saturated rings. The van der Waals surface area contributed by atoms with Gasteiger partial charge in [-0.1, -0.05) is 19.7 Å². The lowest BCUT2D eigenvalue weighted by Crippen LogP contribution is -2.31. The largest absolute Gasteiger partial charge is 0.462 e. The molecule has 0 aliphatic rings. The maximum Gasteiger partial charge on any atom is 0.333 e. The predicted molar refractivity (Wildman–Crippen MR) is 139 cm³/mol. The summed E-state index contributed by atoms with van der Waals surface area (Å²) in [7, 11) is -1.61. The molecule has 13 heteroatoms. The zero-order chi connectivity index (χ0) is 30.0. The summed E-state index contributed by atoms with van der Waals surface area (Å²) < 4.78 is 42.0. The molecule has 0 aromatic heterocycles. The summed E-state index contributed by atoms with van der Waals surface area (Å²) in [4.78, 5) is 59.6. The molecule has 0 aliphatic heterocycles. The Morgan fingerprint density at radius 1 is 0.667 bits per heavy atom. The van der Waals surface area contributed by atoms with Gasteiger partial charge in [-0.15, -0.1) is 0 Å². The SMILES string of the molecule is C=C(C)C(=O)OCC(COC(=O)C(=C)C)OC(=O)CCC(=O)OCC(COCCC[Si](C)=O)OC(=O)C(=C)C. The fourth-order valence-electron chi connectivity index (χ4n) is 2.41. The van der Waals surface area contributed by atoms with Crippen LogP contribution in [0, 0.1) is 0 Å². The zero-order valence-electron chi connectivity index (χ0n) is 23.0. The van der Waals surface area contributed by atoms with Crippen LogP contribution in [-0.4, -0.2) is 83.8 Å². The van der Waals surface area contributed by atoms with E-state index in [-0.39, 0.29) is 49.4 Å². The molecule has 0 saturated carbocycles. The van der Waals surface area contributed by atoms with Gasteiger partial charge in [0.15, 0.2) is 12.2 Å². The van der Waals surface area contributed by atoms with E-state index in [1.54, 1.807) is 6.55 Å². The maximum absolute atomic E-state index is 12.3. The highest BCUT2D eigenvalue weighted by Crippen LogP contribution is 2.07. The molecule has 0 spiro atoms. The Hall–Kier alpha value is -3.45. The van der Waals surface area contributed by atoms with Gasteiger partial charge in [-0.3, -0.25) is 9.59 Å². The smallest absolute Gasteiger partial charge is 0.333 e. The van der Waals surface area contributed by atoms with E-state index in [2.05, 4.69) is 19.7 Å². The lowest BCUT2D eigenvalue weighted by atomic mass is 10.3. The molecule has 0 rings (SSSR count). The number of carbonyl (C=O) groups excluding carboxylic acids is 5. The standard InChI is InChI=1S/C26H38O12Si/c1-17(2)24(29)35-15-21(16-36-25(30)18(3)4)37-23(28)10-9-22(27)34-14-20(38-26(31)19(5)6)13-33-11-8-12-39(7)32/h20-21H,1,3,5,8-16H2,2,4,6-7H3. The van der Waals surface area contributed by atoms with Crippen molar-refractivity contribution in [1.82, 2.24) is 0 Å². The second-order valence-electron chi connectivity index (χ2n) is 8.74. The first-order valence-corrected chi connectivity index (χ1v) is 14.3. The van der Waals surface area contributed by atoms with E-state index in [1.165, 1.54) is 20.8 Å². The van der Waals surface area contributed by atoms with E-state index in [4.69, 9.17) is 28.4 Å². The summed E-state index contributed by atoms with van der Waals surface area (Å²) in [6.07, 6.45) is -2.23. The molecule has 0 amide bonds. The van der Waals surface area contributed by atoms with Gasteiger partial charge in [0.2, 0.25) is 0 Å². The van der Waals surface area contributed by atoms with E-state index in [0.29, 0.717) is 12.5 Å². The van der Waals surface area contributed by atoms with Gasteiger partial charge in [0, 0.05) is 23.3 Å². The van der Waals surface area contributed by atoms with E-state index in [9.17, 15) is 28.4 Å². The van der Waals surface area contributed by atoms with Crippen molar-refractivity contribution in [3.05, 3.63) is 36.5 Å². The van der Waals surface area contributed by atoms with Crippen molar-refractivity contribution in [1.29, 1.82) is 0 Å². The van der Waals surface area contributed by atoms with Gasteiger partial charge in [0.05, 0.1) is 19.4 Å². The second-order valence-corrected chi connectivity index (χ2v) is 10.6. The Morgan fingerprint density at radius 2 is 1.13 bits per heavy atom. The van der Waals surface area contributed by atoms with Crippen LogP contribution in [0.1, 0.15) is 40.0 Å². The van der Waals surface area contributed by atoms with Crippen molar-refractivity contribution in [2.45, 2.75) is 64.8 Å². The summed E-state index contributed by atoms with van der Waals surface area (Å²) in [5.74, 6) is -3.74. The van der Waals surface area contributed by atoms with E-state index < -0.39 is 64.0 Å². The molecule has 12 nitrogen and oxygen atoms in total. The number of rotatable bonds is 20. The van der Waals surface area contributed by atoms with Crippen LogP contribution >= 0.6 is 0 Å². The second kappa shape index (κ2) is 19.6. The maximum atomic E-state index is 12.3. The molecule has 0 heterocycles. The van der Waals surface area contributed by atoms with Gasteiger partial charge in [-0.25, -0.2) is 14.4 Å². The predicted octanol–water partition coefficient (Wildman–Crippen LogP) is 2.41. The molecule has 0 aromatic rings. The molecule has 218 valence electrons. The highest BCUT2D eigenvalue weighted by molar-refractivity contribution is 6.40. The zero-order valence-corrected chi connectivity index (χ0v) is 24.0. The van der Waals surface area contributed by atoms with Gasteiger partial charge in [0.25, 0.3) is 8.68 Å². The Kier molecular flexibility index (Phi) is 17.9. The molecule has 1 atom stereocenters. The van der Waals surface area contributed by atoms with Crippen LogP contribution in [-0.2, 0) is 56.9 Å². The van der Waals surface area contributed by atoms with E-state index in [0.717, 1.165) is 0 Å². The van der Waals surface area contributed by atoms with Gasteiger partial charge in [-0.05, 0) is 39.8 Å². The van der Waals surface area contributed by atoms with Crippen molar-refractivity contribution >= 4 is 38.5 Å². The van der Waals surface area contributed by atoms with Crippen LogP contribution in [0.15, 0.2) is 36.5 Å². The van der Waals surface area contributed by atoms with Gasteiger partial charge in [-0.2, -0.15) is 0 Å². The van der Waals surface area contributed by atoms with Crippen molar-refractivity contribution in [3.63, 3.8) is 0 Å². The van der Waals surface area contributed by atoms with Crippen LogP contribution < -0.4 is 0 Å². The minimum absolute atomic E-state index is 0.0630. The van der Waals surface area contributed by atoms with Crippen molar-refractivity contribution in [2.75, 3.05) is 33.0 Å². The van der Waals surface area contributed by atoms with Crippen LogP contribution in [0.4, 0.5) is 0 Å². The summed E-state index contributed by atoms with van der Waals surface area (Å²) in [5.41, 5.74) is 0.395. The fraction of sp³-hybridized carbons (Fsp3) is 0.577. The Labute approximate surface area is 229 Å². The van der Waals surface area contributed by atoms with Crippen LogP contribution in [0.2, 0.25) is 12.6 Å². The average molecular weight is 571 g/mol. The molecule has 0 bridgehead atoms. The lowest BCUT2D eigenvalue weighted by Gasteiger charge is -2.19. The summed E-state index contributed by atoms with van der Waals surface area (Å²) >= 11 is 0. The molecular formula is C26H38O12Si. The van der Waals surface area contributed by atoms with E-state index >= 15 is 0 Å². The number of esters is 5. The third-order valence-corrected chi connectivity index (χ3v) is 5.56. The number of hydrogen-bond donors (Lipinski definition) is 0. The molecule has 1 unspecified atom stereocenters. The van der Waals surface area contributed by atoms with Crippen LogP contribution in [0.25, 0.3) is 0 Å². The lowest BCUT2D eigenvalue weighted by molar-refractivity contribution is -0.166. The summed E-state index contributed by atoms with van der Waals surface area (Å²) in [6.45, 7) is 15.4. The fourth-order valence-corrected chi connectivity index (χ4v) is 3.06. The number of ether oxygens (including phenoxy) is 6.